The Labute approximate surface area is 144 Å². The Balaban J connectivity index is 2.12. The maximum atomic E-state index is 11.6. The van der Waals surface area contributed by atoms with Crippen molar-refractivity contribution >= 4 is 62.4 Å². The van der Waals surface area contributed by atoms with Gasteiger partial charge in [-0.25, -0.2) is 9.19 Å². The molecule has 0 bridgehead atoms. The van der Waals surface area contributed by atoms with Gasteiger partial charge in [0.25, 0.3) is 0 Å². The van der Waals surface area contributed by atoms with E-state index in [1.807, 2.05) is 0 Å². The third kappa shape index (κ3) is 3.49. The van der Waals surface area contributed by atoms with Crippen molar-refractivity contribution in [3.63, 3.8) is 0 Å². The molecular formula is C13H10Cl2N6OS. The second-order valence-corrected chi connectivity index (χ2v) is 6.29. The minimum absolute atomic E-state index is 0.0612. The Bertz CT molecular complexity index is 907. The highest BCUT2D eigenvalue weighted by molar-refractivity contribution is 7.85. The van der Waals surface area contributed by atoms with Gasteiger partial charge in [0.1, 0.15) is 21.5 Å². The number of fused-ring (bicyclic) bond motifs is 1. The third-order valence-electron chi connectivity index (χ3n) is 2.85. The van der Waals surface area contributed by atoms with Gasteiger partial charge in [-0.3, -0.25) is 9.97 Å². The fourth-order valence-corrected chi connectivity index (χ4v) is 2.71. The van der Waals surface area contributed by atoms with Crippen molar-refractivity contribution in [2.45, 2.75) is 0 Å². The predicted molar refractivity (Wildman–Crippen MR) is 92.6 cm³/mol. The van der Waals surface area contributed by atoms with E-state index >= 15 is 0 Å². The lowest BCUT2D eigenvalue weighted by Crippen LogP contribution is -2.07. The molecule has 0 fully saturated rings. The van der Waals surface area contributed by atoms with E-state index in [1.54, 1.807) is 24.5 Å². The first kappa shape index (κ1) is 15.9. The average Bonchev–Trinajstić information content (AvgIpc) is 2.52. The summed E-state index contributed by atoms with van der Waals surface area (Å²) in [4.78, 5) is 16.3. The van der Waals surface area contributed by atoms with Gasteiger partial charge in [-0.15, -0.1) is 0 Å². The first-order valence-electron chi connectivity index (χ1n) is 6.33. The van der Waals surface area contributed by atoms with Crippen LogP contribution in [0.1, 0.15) is 0 Å². The molecule has 1 atom stereocenters. The molecule has 0 spiro atoms. The molecule has 10 heteroatoms. The van der Waals surface area contributed by atoms with Crippen molar-refractivity contribution in [2.24, 2.45) is 0 Å². The highest BCUT2D eigenvalue weighted by atomic mass is 35.5. The van der Waals surface area contributed by atoms with Crippen LogP contribution in [0, 0.1) is 0 Å². The minimum Gasteiger partial charge on any atom is -0.337 e. The van der Waals surface area contributed by atoms with Crippen LogP contribution in [0.4, 0.5) is 17.2 Å². The lowest BCUT2D eigenvalue weighted by molar-refractivity contribution is 0.690. The van der Waals surface area contributed by atoms with Gasteiger partial charge in [0.2, 0.25) is 5.28 Å². The zero-order valence-electron chi connectivity index (χ0n) is 11.7. The van der Waals surface area contributed by atoms with Crippen molar-refractivity contribution in [1.82, 2.24) is 19.9 Å². The second-order valence-electron chi connectivity index (χ2n) is 4.43. The zero-order valence-corrected chi connectivity index (χ0v) is 14.1. The lowest BCUT2D eigenvalue weighted by atomic mass is 10.2. The van der Waals surface area contributed by atoms with Crippen molar-refractivity contribution in [2.75, 3.05) is 16.3 Å². The van der Waals surface area contributed by atoms with Crippen molar-refractivity contribution < 1.29 is 4.21 Å². The standard InChI is InChI=1S/C13H10Cl2N6OS/c1-23(22)21-11-9(3-2-8-10(11)17-5-4-16-8)19-12-7(14)6-18-13(15)20-12/h2-6,21H,1H3,(H,18,19,20). The SMILES string of the molecule is CS(=O)Nc1c(Nc2nc(Cl)ncc2Cl)ccc2nccnc12. The molecule has 3 aromatic rings. The van der Waals surface area contributed by atoms with Crippen LogP contribution in [0.25, 0.3) is 11.0 Å². The van der Waals surface area contributed by atoms with E-state index < -0.39 is 11.0 Å². The molecule has 23 heavy (non-hydrogen) atoms. The molecular weight excluding hydrogens is 359 g/mol. The lowest BCUT2D eigenvalue weighted by Gasteiger charge is -2.14. The molecule has 2 aromatic heterocycles. The van der Waals surface area contributed by atoms with Gasteiger partial charge in [0, 0.05) is 18.6 Å². The first-order valence-corrected chi connectivity index (χ1v) is 8.65. The summed E-state index contributed by atoms with van der Waals surface area (Å²) in [6, 6.07) is 3.55. The van der Waals surface area contributed by atoms with Crippen LogP contribution in [0.15, 0.2) is 30.7 Å². The fraction of sp³-hybridized carbons (Fsp3) is 0.0769. The van der Waals surface area contributed by atoms with Gasteiger partial charge >= 0.3 is 0 Å². The number of aromatic nitrogens is 4. The summed E-state index contributed by atoms with van der Waals surface area (Å²) in [5.74, 6) is 0.333. The number of hydrogen-bond acceptors (Lipinski definition) is 6. The molecule has 0 amide bonds. The monoisotopic (exact) mass is 368 g/mol. The van der Waals surface area contributed by atoms with Crippen LogP contribution < -0.4 is 10.0 Å². The maximum Gasteiger partial charge on any atom is 0.224 e. The molecule has 7 nitrogen and oxygen atoms in total. The molecule has 1 aromatic carbocycles. The number of hydrogen-bond donors (Lipinski definition) is 2. The van der Waals surface area contributed by atoms with E-state index in [-0.39, 0.29) is 5.28 Å². The number of anilines is 3. The highest BCUT2D eigenvalue weighted by Gasteiger charge is 2.13. The molecule has 0 aliphatic carbocycles. The van der Waals surface area contributed by atoms with Gasteiger partial charge in [-0.2, -0.15) is 4.98 Å². The summed E-state index contributed by atoms with van der Waals surface area (Å²) in [5, 5.41) is 3.41. The molecule has 2 N–H and O–H groups in total. The van der Waals surface area contributed by atoms with Crippen LogP contribution in [-0.4, -0.2) is 30.4 Å². The first-order chi connectivity index (χ1) is 11.0. The summed E-state index contributed by atoms with van der Waals surface area (Å²) in [5.41, 5.74) is 2.36. The van der Waals surface area contributed by atoms with E-state index in [9.17, 15) is 4.21 Å². The Kier molecular flexibility index (Phi) is 4.56. The van der Waals surface area contributed by atoms with Crippen molar-refractivity contribution in [1.29, 1.82) is 0 Å². The number of nitrogens with zero attached hydrogens (tertiary/aromatic N) is 4. The van der Waals surface area contributed by atoms with E-state index in [4.69, 9.17) is 23.2 Å². The fourth-order valence-electron chi connectivity index (χ4n) is 1.95. The second kappa shape index (κ2) is 6.61. The predicted octanol–water partition coefficient (Wildman–Crippen LogP) is 3.18. The molecule has 2 heterocycles. The smallest absolute Gasteiger partial charge is 0.224 e. The van der Waals surface area contributed by atoms with Crippen LogP contribution in [0.2, 0.25) is 10.3 Å². The molecule has 0 saturated carbocycles. The molecule has 0 aliphatic heterocycles. The van der Waals surface area contributed by atoms with Crippen LogP contribution in [-0.2, 0) is 11.0 Å². The summed E-state index contributed by atoms with van der Waals surface area (Å²) >= 11 is 11.9. The van der Waals surface area contributed by atoms with Crippen LogP contribution >= 0.6 is 23.2 Å². The molecule has 3 rings (SSSR count). The zero-order chi connectivity index (χ0) is 16.4. The van der Waals surface area contributed by atoms with Crippen LogP contribution in [0.5, 0.6) is 0 Å². The van der Waals surface area contributed by atoms with Gasteiger partial charge in [-0.05, 0) is 23.7 Å². The topological polar surface area (TPSA) is 92.7 Å². The number of nitrogens with one attached hydrogen (secondary N) is 2. The average molecular weight is 369 g/mol. The molecule has 0 saturated heterocycles. The maximum absolute atomic E-state index is 11.6. The Hall–Kier alpha value is -2.03. The Morgan fingerprint density at radius 1 is 1.13 bits per heavy atom. The van der Waals surface area contributed by atoms with Gasteiger partial charge in [0.15, 0.2) is 5.82 Å². The van der Waals surface area contributed by atoms with Crippen molar-refractivity contribution in [3.05, 3.63) is 41.0 Å². The number of halogens is 2. The van der Waals surface area contributed by atoms with E-state index in [2.05, 4.69) is 30.0 Å². The largest absolute Gasteiger partial charge is 0.337 e. The summed E-state index contributed by atoms with van der Waals surface area (Å²) in [6.45, 7) is 0. The molecule has 0 aliphatic rings. The molecule has 0 radical (unpaired) electrons. The minimum atomic E-state index is -1.30. The van der Waals surface area contributed by atoms with Crippen molar-refractivity contribution in [3.8, 4) is 0 Å². The third-order valence-corrected chi connectivity index (χ3v) is 3.80. The van der Waals surface area contributed by atoms with E-state index in [1.165, 1.54) is 12.5 Å². The van der Waals surface area contributed by atoms with E-state index in [0.717, 1.165) is 0 Å². The molecule has 118 valence electrons. The number of benzene rings is 1. The molecule has 1 unspecified atom stereocenters. The van der Waals surface area contributed by atoms with Gasteiger partial charge in [0.05, 0.1) is 23.1 Å². The summed E-state index contributed by atoms with van der Waals surface area (Å²) in [7, 11) is -1.30. The van der Waals surface area contributed by atoms with E-state index in [0.29, 0.717) is 33.2 Å². The summed E-state index contributed by atoms with van der Waals surface area (Å²) < 4.78 is 14.5. The Morgan fingerprint density at radius 2 is 1.91 bits per heavy atom. The van der Waals surface area contributed by atoms with Gasteiger partial charge < -0.3 is 10.0 Å². The highest BCUT2D eigenvalue weighted by Crippen LogP contribution is 2.33. The Morgan fingerprint density at radius 3 is 2.70 bits per heavy atom. The summed E-state index contributed by atoms with van der Waals surface area (Å²) in [6.07, 6.45) is 6.06. The normalized spacial score (nSPS) is 12.1. The van der Waals surface area contributed by atoms with Crippen LogP contribution in [0.3, 0.4) is 0 Å². The number of rotatable bonds is 4. The quantitative estimate of drug-likeness (QED) is 0.687. The van der Waals surface area contributed by atoms with Gasteiger partial charge in [-0.1, -0.05) is 11.6 Å².